The zero-order chi connectivity index (χ0) is 35.0. The third kappa shape index (κ3) is 7.32. The second-order valence-electron chi connectivity index (χ2n) is 13.5. The van der Waals surface area contributed by atoms with E-state index in [0.29, 0.717) is 22.6 Å². The second-order valence-corrected chi connectivity index (χ2v) is 15.9. The minimum Gasteiger partial charge on any atom is -0.490 e. The Morgan fingerprint density at radius 2 is 1.40 bits per heavy atom. The summed E-state index contributed by atoms with van der Waals surface area (Å²) in [6, 6.07) is 22.7. The van der Waals surface area contributed by atoms with Crippen LogP contribution >= 0.6 is 11.6 Å². The summed E-state index contributed by atoms with van der Waals surface area (Å²) < 4.78 is 71.5. The van der Waals surface area contributed by atoms with Crippen molar-refractivity contribution >= 4 is 38.3 Å². The number of halogens is 3. The molecule has 0 aromatic heterocycles. The van der Waals surface area contributed by atoms with E-state index in [2.05, 4.69) is 0 Å². The van der Waals surface area contributed by atoms with Crippen molar-refractivity contribution in [3.05, 3.63) is 90.0 Å². The van der Waals surface area contributed by atoms with Crippen LogP contribution in [0.25, 0.3) is 21.9 Å². The highest BCUT2D eigenvalue weighted by Gasteiger charge is 2.48. The minimum atomic E-state index is -4.21. The Bertz CT molecular complexity index is 1960. The number of amides is 1. The molecule has 1 saturated carbocycles. The SMILES string of the molecule is NC1CCN(C(=O)[C@@H]2C[C@@H](Oc3ccc(-c4ccc(Cl)cc4)cc3)CCN2S(=O)(=O)c2ccc3cc(OC4CCCC4)ccc3c2)CC1(F)F. The number of hydrogen-bond donors (Lipinski definition) is 1. The van der Waals surface area contributed by atoms with E-state index in [0.717, 1.165) is 57.2 Å². The van der Waals surface area contributed by atoms with Gasteiger partial charge in [0.2, 0.25) is 15.9 Å². The first-order chi connectivity index (χ1) is 24.0. The zero-order valence-electron chi connectivity index (χ0n) is 27.5. The van der Waals surface area contributed by atoms with Crippen LogP contribution in [0.5, 0.6) is 11.5 Å². The van der Waals surface area contributed by atoms with Crippen LogP contribution in [0.3, 0.4) is 0 Å². The van der Waals surface area contributed by atoms with Gasteiger partial charge in [-0.3, -0.25) is 4.79 Å². The highest BCUT2D eigenvalue weighted by molar-refractivity contribution is 7.89. The van der Waals surface area contributed by atoms with Crippen LogP contribution < -0.4 is 15.2 Å². The smallest absolute Gasteiger partial charge is 0.280 e. The van der Waals surface area contributed by atoms with Crippen molar-refractivity contribution in [2.75, 3.05) is 19.6 Å². The molecule has 1 aliphatic carbocycles. The summed E-state index contributed by atoms with van der Waals surface area (Å²) in [4.78, 5) is 15.1. The standard InChI is InChI=1S/C38H40ClF2N3O5S/c39-29-11-5-25(6-12-29)26-7-13-31(14-8-26)49-33-17-20-44(35(23-33)37(45)43-19-18-36(42)38(40,41)24-43)50(46,47)34-16-10-27-21-32(15-9-28(27)22-34)48-30-3-1-2-4-30/h5-16,21-22,30,33,35-36H,1-4,17-20,23-24,42H2/t33-,35-,36?/m0/s1. The van der Waals surface area contributed by atoms with Gasteiger partial charge in [0.05, 0.1) is 23.6 Å². The van der Waals surface area contributed by atoms with E-state index in [4.69, 9.17) is 26.8 Å². The molecule has 3 fully saturated rings. The molecule has 7 rings (SSSR count). The predicted octanol–water partition coefficient (Wildman–Crippen LogP) is 7.28. The van der Waals surface area contributed by atoms with Crippen molar-refractivity contribution in [2.45, 2.75) is 80.1 Å². The van der Waals surface area contributed by atoms with Crippen LogP contribution in [0.2, 0.25) is 5.02 Å². The predicted molar refractivity (Wildman–Crippen MR) is 189 cm³/mol. The molecule has 2 aliphatic heterocycles. The van der Waals surface area contributed by atoms with Gasteiger partial charge in [-0.05, 0) is 109 Å². The van der Waals surface area contributed by atoms with Crippen molar-refractivity contribution in [3.8, 4) is 22.6 Å². The van der Waals surface area contributed by atoms with Gasteiger partial charge in [-0.2, -0.15) is 4.31 Å². The van der Waals surface area contributed by atoms with Gasteiger partial charge in [0.25, 0.3) is 5.92 Å². The van der Waals surface area contributed by atoms with Crippen molar-refractivity contribution < 1.29 is 31.5 Å². The maximum Gasteiger partial charge on any atom is 0.280 e. The molecule has 2 heterocycles. The minimum absolute atomic E-state index is 0.000566. The van der Waals surface area contributed by atoms with Crippen LogP contribution in [-0.2, 0) is 14.8 Å². The Hall–Kier alpha value is -3.77. The molecule has 2 saturated heterocycles. The zero-order valence-corrected chi connectivity index (χ0v) is 29.1. The molecule has 12 heteroatoms. The van der Waals surface area contributed by atoms with Gasteiger partial charge >= 0.3 is 0 Å². The van der Waals surface area contributed by atoms with Crippen LogP contribution in [0.4, 0.5) is 8.78 Å². The van der Waals surface area contributed by atoms with E-state index in [-0.39, 0.29) is 36.9 Å². The van der Waals surface area contributed by atoms with Crippen molar-refractivity contribution in [3.63, 3.8) is 0 Å². The molecule has 2 N–H and O–H groups in total. The quantitative estimate of drug-likeness (QED) is 0.205. The number of ether oxygens (including phenoxy) is 2. The van der Waals surface area contributed by atoms with Gasteiger partial charge in [0.1, 0.15) is 23.6 Å². The summed E-state index contributed by atoms with van der Waals surface area (Å²) >= 11 is 6.03. The molecule has 1 amide bonds. The van der Waals surface area contributed by atoms with Crippen LogP contribution in [0.1, 0.15) is 44.9 Å². The highest BCUT2D eigenvalue weighted by atomic mass is 35.5. The molecular weight excluding hydrogens is 684 g/mol. The van der Waals surface area contributed by atoms with E-state index >= 15 is 0 Å². The number of nitrogens with two attached hydrogens (primary N) is 1. The maximum atomic E-state index is 14.7. The fourth-order valence-corrected chi connectivity index (χ4v) is 8.99. The first-order valence-electron chi connectivity index (χ1n) is 17.1. The van der Waals surface area contributed by atoms with Gasteiger partial charge in [-0.25, -0.2) is 17.2 Å². The molecule has 0 spiro atoms. The van der Waals surface area contributed by atoms with Crippen molar-refractivity contribution in [1.82, 2.24) is 9.21 Å². The monoisotopic (exact) mass is 723 g/mol. The molecule has 0 radical (unpaired) electrons. The fourth-order valence-electron chi connectivity index (χ4n) is 7.22. The number of piperidine rings is 2. The first kappa shape index (κ1) is 34.7. The molecule has 3 atom stereocenters. The largest absolute Gasteiger partial charge is 0.490 e. The summed E-state index contributed by atoms with van der Waals surface area (Å²) in [6.07, 6.45) is 4.23. The molecule has 1 unspecified atom stereocenters. The maximum absolute atomic E-state index is 14.7. The Balaban J connectivity index is 1.13. The number of carbonyl (C=O) groups excluding carboxylic acids is 1. The van der Waals surface area contributed by atoms with Gasteiger partial charge < -0.3 is 20.1 Å². The summed E-state index contributed by atoms with van der Waals surface area (Å²) in [5, 5.41) is 2.17. The molecule has 50 heavy (non-hydrogen) atoms. The Morgan fingerprint density at radius 1 is 0.780 bits per heavy atom. The Kier molecular flexibility index (Phi) is 9.77. The van der Waals surface area contributed by atoms with Crippen molar-refractivity contribution in [1.29, 1.82) is 0 Å². The van der Waals surface area contributed by atoms with E-state index in [1.165, 1.54) is 6.07 Å². The van der Waals surface area contributed by atoms with Crippen molar-refractivity contribution in [2.24, 2.45) is 5.73 Å². The number of rotatable bonds is 8. The molecule has 0 bridgehead atoms. The van der Waals surface area contributed by atoms with E-state index in [9.17, 15) is 22.0 Å². The van der Waals surface area contributed by atoms with Crippen LogP contribution in [0.15, 0.2) is 89.8 Å². The Labute approximate surface area is 296 Å². The topological polar surface area (TPSA) is 102 Å². The molecule has 4 aromatic rings. The molecule has 8 nitrogen and oxygen atoms in total. The summed E-state index contributed by atoms with van der Waals surface area (Å²) in [5.74, 6) is -2.67. The van der Waals surface area contributed by atoms with Gasteiger partial charge in [-0.15, -0.1) is 0 Å². The van der Waals surface area contributed by atoms with E-state index in [1.54, 1.807) is 12.1 Å². The molecular formula is C38H40ClF2N3O5S. The molecule has 3 aliphatic rings. The number of likely N-dealkylation sites (tertiary alicyclic amines) is 1. The molecule has 264 valence electrons. The Morgan fingerprint density at radius 3 is 2.10 bits per heavy atom. The number of hydrogen-bond acceptors (Lipinski definition) is 6. The number of fused-ring (bicyclic) bond motifs is 1. The summed E-state index contributed by atoms with van der Waals surface area (Å²) in [7, 11) is -4.21. The summed E-state index contributed by atoms with van der Waals surface area (Å²) in [5.41, 5.74) is 7.60. The lowest BCUT2D eigenvalue weighted by atomic mass is 9.97. The third-order valence-corrected chi connectivity index (χ3v) is 12.2. The fraction of sp³-hybridized carbons (Fsp3) is 0.395. The van der Waals surface area contributed by atoms with Gasteiger partial charge in [0.15, 0.2) is 0 Å². The summed E-state index contributed by atoms with van der Waals surface area (Å²) in [6.45, 7) is -0.878. The first-order valence-corrected chi connectivity index (χ1v) is 19.0. The van der Waals surface area contributed by atoms with E-state index < -0.39 is 46.6 Å². The second kappa shape index (κ2) is 14.1. The average Bonchev–Trinajstić information content (AvgIpc) is 3.62. The van der Waals surface area contributed by atoms with Crippen LogP contribution in [0, 0.1) is 0 Å². The third-order valence-electron chi connectivity index (χ3n) is 10.1. The highest BCUT2D eigenvalue weighted by Crippen LogP contribution is 2.34. The van der Waals surface area contributed by atoms with Crippen LogP contribution in [-0.4, -0.2) is 73.4 Å². The number of carbonyl (C=O) groups is 1. The van der Waals surface area contributed by atoms with Gasteiger partial charge in [0, 0.05) is 24.5 Å². The van der Waals surface area contributed by atoms with E-state index in [1.807, 2.05) is 66.7 Å². The lowest BCUT2D eigenvalue weighted by molar-refractivity contribution is -0.149. The lowest BCUT2D eigenvalue weighted by Crippen LogP contribution is -2.62. The normalized spacial score (nSPS) is 23.2. The number of sulfonamides is 1. The number of nitrogens with zero attached hydrogens (tertiary/aromatic N) is 2. The van der Waals surface area contributed by atoms with Gasteiger partial charge in [-0.1, -0.05) is 48.0 Å². The number of benzene rings is 4. The average molecular weight is 724 g/mol. The number of alkyl halides is 2. The lowest BCUT2D eigenvalue weighted by Gasteiger charge is -2.42. The molecule has 4 aromatic carbocycles.